The van der Waals surface area contributed by atoms with Crippen molar-refractivity contribution in [2.75, 3.05) is 6.61 Å². The Morgan fingerprint density at radius 2 is 2.07 bits per heavy atom. The second-order valence-corrected chi connectivity index (χ2v) is 3.21. The zero-order valence-electron chi connectivity index (χ0n) is 8.17. The standard InChI is InChI=1S/C10H11ClN2O/c1-4-5-6-14-10-8(3)7(2)9(11)12-13-10/h1H,5-6H2,2-3H3. The highest BCUT2D eigenvalue weighted by molar-refractivity contribution is 6.30. The molecule has 0 aliphatic rings. The number of halogens is 1. The predicted octanol–water partition coefficient (Wildman–Crippen LogP) is 2.15. The highest BCUT2D eigenvalue weighted by Gasteiger charge is 2.08. The van der Waals surface area contributed by atoms with Crippen LogP contribution in [0.3, 0.4) is 0 Å². The molecule has 0 atom stereocenters. The summed E-state index contributed by atoms with van der Waals surface area (Å²) in [5.74, 6) is 2.99. The zero-order valence-corrected chi connectivity index (χ0v) is 8.93. The maximum absolute atomic E-state index is 5.79. The van der Waals surface area contributed by atoms with Crippen molar-refractivity contribution in [3.05, 3.63) is 16.3 Å². The molecule has 0 aliphatic carbocycles. The van der Waals surface area contributed by atoms with E-state index in [0.29, 0.717) is 24.1 Å². The van der Waals surface area contributed by atoms with Gasteiger partial charge in [0, 0.05) is 12.0 Å². The molecular weight excluding hydrogens is 200 g/mol. The van der Waals surface area contributed by atoms with E-state index in [9.17, 15) is 0 Å². The minimum atomic E-state index is 0.409. The molecule has 1 aromatic rings. The molecule has 3 nitrogen and oxygen atoms in total. The monoisotopic (exact) mass is 210 g/mol. The second kappa shape index (κ2) is 4.83. The molecule has 0 amide bonds. The lowest BCUT2D eigenvalue weighted by Crippen LogP contribution is -2.03. The molecule has 1 aromatic heterocycles. The molecule has 0 saturated heterocycles. The Labute approximate surface area is 88.4 Å². The van der Waals surface area contributed by atoms with Crippen LogP contribution in [0.1, 0.15) is 17.5 Å². The van der Waals surface area contributed by atoms with Crippen LogP contribution in [-0.4, -0.2) is 16.8 Å². The Bertz CT molecular complexity index is 371. The molecule has 0 N–H and O–H groups in total. The Morgan fingerprint density at radius 3 is 2.71 bits per heavy atom. The third-order valence-electron chi connectivity index (χ3n) is 1.91. The second-order valence-electron chi connectivity index (χ2n) is 2.85. The molecular formula is C10H11ClN2O. The van der Waals surface area contributed by atoms with Gasteiger partial charge in [0.1, 0.15) is 6.61 Å². The van der Waals surface area contributed by atoms with E-state index in [-0.39, 0.29) is 0 Å². The first-order valence-corrected chi connectivity index (χ1v) is 4.60. The number of terminal acetylenes is 1. The molecule has 0 spiro atoms. The minimum Gasteiger partial charge on any atom is -0.475 e. The first-order chi connectivity index (χ1) is 6.66. The van der Waals surface area contributed by atoms with Crippen molar-refractivity contribution >= 4 is 11.6 Å². The zero-order chi connectivity index (χ0) is 10.6. The lowest BCUT2D eigenvalue weighted by molar-refractivity contribution is 0.308. The van der Waals surface area contributed by atoms with Gasteiger partial charge in [-0.25, -0.2) is 0 Å². The Balaban J connectivity index is 2.79. The first-order valence-electron chi connectivity index (χ1n) is 4.22. The lowest BCUT2D eigenvalue weighted by atomic mass is 10.2. The molecule has 0 unspecified atom stereocenters. The van der Waals surface area contributed by atoms with Crippen molar-refractivity contribution < 1.29 is 4.74 Å². The van der Waals surface area contributed by atoms with Crippen molar-refractivity contribution in [1.29, 1.82) is 0 Å². The van der Waals surface area contributed by atoms with E-state index in [0.717, 1.165) is 11.1 Å². The van der Waals surface area contributed by atoms with E-state index in [4.69, 9.17) is 22.8 Å². The molecule has 74 valence electrons. The van der Waals surface area contributed by atoms with Gasteiger partial charge in [-0.15, -0.1) is 22.5 Å². The molecule has 0 bridgehead atoms. The van der Waals surface area contributed by atoms with E-state index in [2.05, 4.69) is 16.1 Å². The van der Waals surface area contributed by atoms with Crippen LogP contribution in [-0.2, 0) is 0 Å². The fraction of sp³-hybridized carbons (Fsp3) is 0.400. The van der Waals surface area contributed by atoms with Crippen LogP contribution in [0.15, 0.2) is 0 Å². The summed E-state index contributed by atoms with van der Waals surface area (Å²) in [6.45, 7) is 4.22. The summed E-state index contributed by atoms with van der Waals surface area (Å²) in [4.78, 5) is 0. The minimum absolute atomic E-state index is 0.409. The molecule has 0 radical (unpaired) electrons. The summed E-state index contributed by atoms with van der Waals surface area (Å²) in [5, 5.41) is 8.00. The number of aromatic nitrogens is 2. The van der Waals surface area contributed by atoms with Crippen LogP contribution in [0.2, 0.25) is 5.15 Å². The Kier molecular flexibility index (Phi) is 3.73. The maximum Gasteiger partial charge on any atom is 0.236 e. The largest absolute Gasteiger partial charge is 0.475 e. The van der Waals surface area contributed by atoms with E-state index in [1.54, 1.807) is 0 Å². The summed E-state index contributed by atoms with van der Waals surface area (Å²) in [5.41, 5.74) is 1.79. The third kappa shape index (κ3) is 2.36. The van der Waals surface area contributed by atoms with Gasteiger partial charge in [0.05, 0.1) is 0 Å². The summed E-state index contributed by atoms with van der Waals surface area (Å²) in [6, 6.07) is 0. The summed E-state index contributed by atoms with van der Waals surface area (Å²) in [6.07, 6.45) is 5.66. The van der Waals surface area contributed by atoms with E-state index >= 15 is 0 Å². The smallest absolute Gasteiger partial charge is 0.236 e. The highest BCUT2D eigenvalue weighted by atomic mass is 35.5. The van der Waals surface area contributed by atoms with Crippen molar-refractivity contribution in [2.24, 2.45) is 0 Å². The van der Waals surface area contributed by atoms with Gasteiger partial charge in [0.2, 0.25) is 5.88 Å². The van der Waals surface area contributed by atoms with Crippen LogP contribution in [0.25, 0.3) is 0 Å². The maximum atomic E-state index is 5.79. The molecule has 14 heavy (non-hydrogen) atoms. The number of hydrogen-bond donors (Lipinski definition) is 0. The third-order valence-corrected chi connectivity index (χ3v) is 2.27. The molecule has 0 fully saturated rings. The van der Waals surface area contributed by atoms with E-state index in [1.165, 1.54) is 0 Å². The van der Waals surface area contributed by atoms with E-state index in [1.807, 2.05) is 13.8 Å². The molecule has 1 heterocycles. The highest BCUT2D eigenvalue weighted by Crippen LogP contribution is 2.22. The average molecular weight is 211 g/mol. The van der Waals surface area contributed by atoms with Crippen LogP contribution in [0.4, 0.5) is 0 Å². The normalized spacial score (nSPS) is 9.57. The van der Waals surface area contributed by atoms with Gasteiger partial charge in [0.15, 0.2) is 5.15 Å². The van der Waals surface area contributed by atoms with Crippen molar-refractivity contribution in [2.45, 2.75) is 20.3 Å². The van der Waals surface area contributed by atoms with Gasteiger partial charge in [-0.05, 0) is 19.4 Å². The van der Waals surface area contributed by atoms with Crippen LogP contribution >= 0.6 is 11.6 Å². The molecule has 0 aliphatic heterocycles. The number of ether oxygens (including phenoxy) is 1. The molecule has 0 saturated carbocycles. The van der Waals surface area contributed by atoms with Crippen LogP contribution < -0.4 is 4.74 Å². The fourth-order valence-electron chi connectivity index (χ4n) is 0.898. The fourth-order valence-corrected chi connectivity index (χ4v) is 1.08. The van der Waals surface area contributed by atoms with Crippen molar-refractivity contribution in [3.63, 3.8) is 0 Å². The molecule has 4 heteroatoms. The van der Waals surface area contributed by atoms with Gasteiger partial charge in [0.25, 0.3) is 0 Å². The van der Waals surface area contributed by atoms with Crippen molar-refractivity contribution in [3.8, 4) is 18.2 Å². The van der Waals surface area contributed by atoms with Crippen molar-refractivity contribution in [1.82, 2.24) is 10.2 Å². The predicted molar refractivity (Wildman–Crippen MR) is 55.5 cm³/mol. The summed E-state index contributed by atoms with van der Waals surface area (Å²) in [7, 11) is 0. The molecule has 1 rings (SSSR count). The SMILES string of the molecule is C#CCCOc1nnc(Cl)c(C)c1C. The van der Waals surface area contributed by atoms with Gasteiger partial charge in [-0.2, -0.15) is 0 Å². The van der Waals surface area contributed by atoms with Crippen LogP contribution in [0, 0.1) is 26.2 Å². The quantitative estimate of drug-likeness (QED) is 0.567. The van der Waals surface area contributed by atoms with E-state index < -0.39 is 0 Å². The Hall–Kier alpha value is -1.27. The Morgan fingerprint density at radius 1 is 1.36 bits per heavy atom. The summed E-state index contributed by atoms with van der Waals surface area (Å²) >= 11 is 5.79. The van der Waals surface area contributed by atoms with Gasteiger partial charge < -0.3 is 4.74 Å². The number of hydrogen-bond acceptors (Lipinski definition) is 3. The van der Waals surface area contributed by atoms with Gasteiger partial charge in [-0.3, -0.25) is 0 Å². The van der Waals surface area contributed by atoms with Gasteiger partial charge in [-0.1, -0.05) is 11.6 Å². The number of nitrogens with zero attached hydrogens (tertiary/aromatic N) is 2. The lowest BCUT2D eigenvalue weighted by Gasteiger charge is -2.08. The first kappa shape index (κ1) is 10.8. The van der Waals surface area contributed by atoms with Gasteiger partial charge >= 0.3 is 0 Å². The summed E-state index contributed by atoms with van der Waals surface area (Å²) < 4.78 is 5.34. The van der Waals surface area contributed by atoms with Crippen LogP contribution in [0.5, 0.6) is 5.88 Å². The number of rotatable bonds is 3. The molecule has 0 aromatic carbocycles. The average Bonchev–Trinajstić information content (AvgIpc) is 2.18. The topological polar surface area (TPSA) is 35.0 Å².